The topological polar surface area (TPSA) is 84.2 Å². The van der Waals surface area contributed by atoms with E-state index in [0.717, 1.165) is 0 Å². The van der Waals surface area contributed by atoms with E-state index < -0.39 is 5.97 Å². The number of hydrogen-bond donors (Lipinski definition) is 2. The second-order valence-corrected chi connectivity index (χ2v) is 2.90. The molecule has 14 heavy (non-hydrogen) atoms. The van der Waals surface area contributed by atoms with E-state index in [-0.39, 0.29) is 12.5 Å². The molecule has 2 N–H and O–H groups in total. The van der Waals surface area contributed by atoms with Crippen LogP contribution >= 0.6 is 0 Å². The van der Waals surface area contributed by atoms with Crippen LogP contribution in [0, 0.1) is 6.92 Å². The van der Waals surface area contributed by atoms with Gasteiger partial charge in [-0.25, -0.2) is 4.68 Å². The van der Waals surface area contributed by atoms with E-state index in [4.69, 9.17) is 5.11 Å². The first kappa shape index (κ1) is 10.2. The Morgan fingerprint density at radius 2 is 2.29 bits per heavy atom. The van der Waals surface area contributed by atoms with Gasteiger partial charge in [-0.1, -0.05) is 0 Å². The number of aryl methyl sites for hydroxylation is 1. The van der Waals surface area contributed by atoms with Gasteiger partial charge in [-0.3, -0.25) is 9.59 Å². The van der Waals surface area contributed by atoms with Crippen LogP contribution in [0.2, 0.25) is 0 Å². The number of carboxylic acid groups (broad SMARTS) is 1. The summed E-state index contributed by atoms with van der Waals surface area (Å²) < 4.78 is 1.24. The molecule has 0 fully saturated rings. The summed E-state index contributed by atoms with van der Waals surface area (Å²) in [6.45, 7) is 2.82. The molecular weight excluding hydrogens is 186 g/mol. The van der Waals surface area contributed by atoms with E-state index in [1.807, 2.05) is 0 Å². The maximum absolute atomic E-state index is 10.8. The number of carboxylic acids is 1. The van der Waals surface area contributed by atoms with Crippen LogP contribution < -0.4 is 5.32 Å². The minimum atomic E-state index is -1.00. The molecule has 0 spiro atoms. The van der Waals surface area contributed by atoms with E-state index >= 15 is 0 Å². The molecule has 0 unspecified atom stereocenters. The van der Waals surface area contributed by atoms with Crippen LogP contribution in [0.15, 0.2) is 6.07 Å². The number of nitrogens with one attached hydrogen (secondary N) is 1. The van der Waals surface area contributed by atoms with E-state index in [1.54, 1.807) is 13.0 Å². The standard InChI is InChI=1S/C8H11N3O3/c1-5-3-7(9-6(2)12)11(10-5)4-8(13)14/h3H,4H2,1-2H3,(H,9,12)(H,13,14). The largest absolute Gasteiger partial charge is 0.480 e. The smallest absolute Gasteiger partial charge is 0.325 e. The van der Waals surface area contributed by atoms with E-state index in [0.29, 0.717) is 11.5 Å². The SMILES string of the molecule is CC(=O)Nc1cc(C)nn1CC(=O)O. The summed E-state index contributed by atoms with van der Waals surface area (Å²) in [5, 5.41) is 15.0. The highest BCUT2D eigenvalue weighted by atomic mass is 16.4. The lowest BCUT2D eigenvalue weighted by Gasteiger charge is -2.03. The van der Waals surface area contributed by atoms with Gasteiger partial charge in [-0.05, 0) is 6.92 Å². The number of amides is 1. The Morgan fingerprint density at radius 3 is 2.79 bits per heavy atom. The fraction of sp³-hybridized carbons (Fsp3) is 0.375. The van der Waals surface area contributed by atoms with E-state index in [1.165, 1.54) is 11.6 Å². The van der Waals surface area contributed by atoms with Crippen molar-refractivity contribution in [1.29, 1.82) is 0 Å². The molecule has 1 amide bonds. The number of hydrogen-bond acceptors (Lipinski definition) is 3. The maximum Gasteiger partial charge on any atom is 0.325 e. The van der Waals surface area contributed by atoms with Gasteiger partial charge in [0.05, 0.1) is 5.69 Å². The summed E-state index contributed by atoms with van der Waals surface area (Å²) in [7, 11) is 0. The lowest BCUT2D eigenvalue weighted by Crippen LogP contribution is -2.16. The highest BCUT2D eigenvalue weighted by molar-refractivity contribution is 5.87. The normalized spacial score (nSPS) is 9.86. The molecule has 0 bridgehead atoms. The van der Waals surface area contributed by atoms with E-state index in [2.05, 4.69) is 10.4 Å². The minimum absolute atomic E-state index is 0.253. The van der Waals surface area contributed by atoms with Crippen LogP contribution in [-0.4, -0.2) is 26.8 Å². The molecule has 0 aliphatic heterocycles. The second-order valence-electron chi connectivity index (χ2n) is 2.90. The third-order valence-electron chi connectivity index (χ3n) is 1.49. The van der Waals surface area contributed by atoms with Crippen LogP contribution in [0.1, 0.15) is 12.6 Å². The van der Waals surface area contributed by atoms with Crippen LogP contribution in [0.5, 0.6) is 0 Å². The van der Waals surface area contributed by atoms with Crippen molar-refractivity contribution in [3.05, 3.63) is 11.8 Å². The van der Waals surface area contributed by atoms with Gasteiger partial charge in [0.25, 0.3) is 0 Å². The van der Waals surface area contributed by atoms with Gasteiger partial charge in [0, 0.05) is 13.0 Å². The highest BCUT2D eigenvalue weighted by Crippen LogP contribution is 2.09. The van der Waals surface area contributed by atoms with Crippen molar-refractivity contribution in [3.8, 4) is 0 Å². The van der Waals surface area contributed by atoms with Gasteiger partial charge >= 0.3 is 5.97 Å². The molecule has 1 rings (SSSR count). The fourth-order valence-corrected chi connectivity index (χ4v) is 1.08. The molecule has 0 radical (unpaired) electrons. The van der Waals surface area contributed by atoms with Gasteiger partial charge in [0.2, 0.25) is 5.91 Å². The maximum atomic E-state index is 10.8. The number of anilines is 1. The third-order valence-corrected chi connectivity index (χ3v) is 1.49. The zero-order chi connectivity index (χ0) is 10.7. The molecule has 1 aromatic rings. The summed E-state index contributed by atoms with van der Waals surface area (Å²) >= 11 is 0. The van der Waals surface area contributed by atoms with Crippen molar-refractivity contribution in [2.24, 2.45) is 0 Å². The molecule has 1 aromatic heterocycles. The molecule has 0 saturated heterocycles. The number of aliphatic carboxylic acids is 1. The molecule has 0 aliphatic carbocycles. The monoisotopic (exact) mass is 197 g/mol. The van der Waals surface area contributed by atoms with Crippen molar-refractivity contribution in [3.63, 3.8) is 0 Å². The molecule has 0 saturated carbocycles. The average molecular weight is 197 g/mol. The zero-order valence-corrected chi connectivity index (χ0v) is 7.94. The first-order valence-corrected chi connectivity index (χ1v) is 4.03. The Kier molecular flexibility index (Phi) is 2.85. The van der Waals surface area contributed by atoms with Crippen molar-refractivity contribution in [1.82, 2.24) is 9.78 Å². The third kappa shape index (κ3) is 2.58. The Morgan fingerprint density at radius 1 is 1.64 bits per heavy atom. The first-order chi connectivity index (χ1) is 6.49. The van der Waals surface area contributed by atoms with Gasteiger partial charge < -0.3 is 10.4 Å². The Labute approximate surface area is 80.5 Å². The van der Waals surface area contributed by atoms with Crippen molar-refractivity contribution in [2.45, 2.75) is 20.4 Å². The molecule has 0 atom stereocenters. The zero-order valence-electron chi connectivity index (χ0n) is 7.94. The summed E-state index contributed by atoms with van der Waals surface area (Å²) in [5.74, 6) is -0.853. The van der Waals surface area contributed by atoms with Crippen LogP contribution in [0.25, 0.3) is 0 Å². The summed E-state index contributed by atoms with van der Waals surface area (Å²) in [6, 6.07) is 1.62. The predicted octanol–water partition coefficient (Wildman–Crippen LogP) is 0.235. The average Bonchev–Trinajstić information content (AvgIpc) is 2.28. The highest BCUT2D eigenvalue weighted by Gasteiger charge is 2.09. The lowest BCUT2D eigenvalue weighted by molar-refractivity contribution is -0.137. The number of carbonyl (C=O) groups excluding carboxylic acids is 1. The van der Waals surface area contributed by atoms with Gasteiger partial charge in [0.1, 0.15) is 12.4 Å². The predicted molar refractivity (Wildman–Crippen MR) is 48.9 cm³/mol. The number of rotatable bonds is 3. The van der Waals surface area contributed by atoms with Gasteiger partial charge in [-0.15, -0.1) is 0 Å². The summed E-state index contributed by atoms with van der Waals surface area (Å²) in [6.07, 6.45) is 0. The molecule has 76 valence electrons. The molecular formula is C8H11N3O3. The van der Waals surface area contributed by atoms with Gasteiger partial charge in [-0.2, -0.15) is 5.10 Å². The Bertz CT molecular complexity index is 336. The molecule has 0 aromatic carbocycles. The van der Waals surface area contributed by atoms with E-state index in [9.17, 15) is 9.59 Å². The molecule has 6 heteroatoms. The van der Waals surface area contributed by atoms with Gasteiger partial charge in [0.15, 0.2) is 0 Å². The van der Waals surface area contributed by atoms with Crippen LogP contribution in [-0.2, 0) is 16.1 Å². The van der Waals surface area contributed by atoms with Crippen LogP contribution in [0.4, 0.5) is 5.82 Å². The van der Waals surface area contributed by atoms with Crippen molar-refractivity contribution < 1.29 is 14.7 Å². The Balaban J connectivity index is 2.90. The summed E-state index contributed by atoms with van der Waals surface area (Å²) in [5.41, 5.74) is 0.662. The summed E-state index contributed by atoms with van der Waals surface area (Å²) in [4.78, 5) is 21.2. The quantitative estimate of drug-likeness (QED) is 0.726. The molecule has 6 nitrogen and oxygen atoms in total. The number of carbonyl (C=O) groups is 2. The molecule has 1 heterocycles. The Hall–Kier alpha value is -1.85. The van der Waals surface area contributed by atoms with Crippen molar-refractivity contribution in [2.75, 3.05) is 5.32 Å². The number of aromatic nitrogens is 2. The van der Waals surface area contributed by atoms with Crippen LogP contribution in [0.3, 0.4) is 0 Å². The fourth-order valence-electron chi connectivity index (χ4n) is 1.08. The van der Waals surface area contributed by atoms with Crippen molar-refractivity contribution >= 4 is 17.7 Å². The lowest BCUT2D eigenvalue weighted by atomic mass is 10.4. The molecule has 0 aliphatic rings. The number of nitrogens with zero attached hydrogens (tertiary/aromatic N) is 2. The minimum Gasteiger partial charge on any atom is -0.480 e. The first-order valence-electron chi connectivity index (χ1n) is 4.03. The second kappa shape index (κ2) is 3.91.